The van der Waals surface area contributed by atoms with Crippen LogP contribution < -0.4 is 0 Å². The highest BCUT2D eigenvalue weighted by Gasteiger charge is 2.13. The van der Waals surface area contributed by atoms with Gasteiger partial charge in [-0.3, -0.25) is 4.79 Å². The zero-order chi connectivity index (χ0) is 12.8. The van der Waals surface area contributed by atoms with Crippen molar-refractivity contribution < 1.29 is 19.8 Å². The van der Waals surface area contributed by atoms with Gasteiger partial charge >= 0.3 is 5.97 Å². The van der Waals surface area contributed by atoms with Crippen LogP contribution in [0.25, 0.3) is 0 Å². The van der Waals surface area contributed by atoms with Crippen molar-refractivity contribution in [3.63, 3.8) is 0 Å². The molecular formula is C13H16O4. The summed E-state index contributed by atoms with van der Waals surface area (Å²) in [6.45, 7) is 2.03. The smallest absolute Gasteiger partial charge is 0.335 e. The number of hydrogen-bond acceptors (Lipinski definition) is 3. The predicted molar refractivity (Wildman–Crippen MR) is 63.5 cm³/mol. The van der Waals surface area contributed by atoms with E-state index in [2.05, 4.69) is 0 Å². The topological polar surface area (TPSA) is 74.6 Å². The number of hydrogen-bond donors (Lipinski definition) is 2. The van der Waals surface area contributed by atoms with E-state index in [1.54, 1.807) is 0 Å². The lowest BCUT2D eigenvalue weighted by molar-refractivity contribution is 0.0697. The van der Waals surface area contributed by atoms with E-state index in [9.17, 15) is 14.7 Å². The number of aromatic hydroxyl groups is 1. The number of phenols is 1. The van der Waals surface area contributed by atoms with Crippen molar-refractivity contribution >= 4 is 11.8 Å². The van der Waals surface area contributed by atoms with Gasteiger partial charge in [-0.1, -0.05) is 19.8 Å². The molecule has 2 N–H and O–H groups in total. The van der Waals surface area contributed by atoms with E-state index in [1.165, 1.54) is 18.2 Å². The summed E-state index contributed by atoms with van der Waals surface area (Å²) >= 11 is 0. The lowest BCUT2D eigenvalue weighted by atomic mass is 10.0. The highest BCUT2D eigenvalue weighted by molar-refractivity contribution is 6.01. The standard InChI is InChI=1S/C13H16O4/c1-2-3-4-5-11(14)10-8-9(13(16)17)6-7-12(10)15/h6-8,15H,2-5H2,1H3,(H,16,17). The summed E-state index contributed by atoms with van der Waals surface area (Å²) in [5.41, 5.74) is 0.114. The summed E-state index contributed by atoms with van der Waals surface area (Å²) in [5.74, 6) is -1.47. The minimum atomic E-state index is -1.10. The number of carboxylic acid groups (broad SMARTS) is 1. The summed E-state index contributed by atoms with van der Waals surface area (Å²) in [6.07, 6.45) is 3.05. The van der Waals surface area contributed by atoms with E-state index in [0.717, 1.165) is 19.3 Å². The van der Waals surface area contributed by atoms with Crippen LogP contribution in [-0.2, 0) is 0 Å². The zero-order valence-corrected chi connectivity index (χ0v) is 9.77. The largest absolute Gasteiger partial charge is 0.507 e. The van der Waals surface area contributed by atoms with Gasteiger partial charge in [0, 0.05) is 6.42 Å². The second kappa shape index (κ2) is 6.03. The predicted octanol–water partition coefficient (Wildman–Crippen LogP) is 2.85. The van der Waals surface area contributed by atoms with Crippen molar-refractivity contribution in [1.29, 1.82) is 0 Å². The maximum Gasteiger partial charge on any atom is 0.335 e. The molecule has 0 aliphatic heterocycles. The van der Waals surface area contributed by atoms with Gasteiger partial charge in [-0.2, -0.15) is 0 Å². The maximum atomic E-state index is 11.8. The summed E-state index contributed by atoms with van der Waals surface area (Å²) in [5, 5.41) is 18.3. The van der Waals surface area contributed by atoms with Crippen LogP contribution in [0, 0.1) is 0 Å². The fraction of sp³-hybridized carbons (Fsp3) is 0.385. The Morgan fingerprint density at radius 1 is 1.24 bits per heavy atom. The first-order valence-corrected chi connectivity index (χ1v) is 5.65. The highest BCUT2D eigenvalue weighted by atomic mass is 16.4. The van der Waals surface area contributed by atoms with Crippen LogP contribution in [0.3, 0.4) is 0 Å². The summed E-state index contributed by atoms with van der Waals surface area (Å²) in [7, 11) is 0. The Kier molecular flexibility index (Phi) is 4.69. The van der Waals surface area contributed by atoms with Gasteiger partial charge in [-0.25, -0.2) is 4.79 Å². The number of benzene rings is 1. The molecule has 4 nitrogen and oxygen atoms in total. The average Bonchev–Trinajstić information content (AvgIpc) is 2.29. The molecule has 1 aromatic rings. The van der Waals surface area contributed by atoms with E-state index >= 15 is 0 Å². The average molecular weight is 236 g/mol. The molecule has 0 spiro atoms. The van der Waals surface area contributed by atoms with Crippen LogP contribution in [0.5, 0.6) is 5.75 Å². The minimum absolute atomic E-state index is 0.0154. The van der Waals surface area contributed by atoms with Gasteiger partial charge in [0.2, 0.25) is 0 Å². The highest BCUT2D eigenvalue weighted by Crippen LogP contribution is 2.21. The van der Waals surface area contributed by atoms with Crippen molar-refractivity contribution in [2.24, 2.45) is 0 Å². The number of carbonyl (C=O) groups is 2. The summed E-state index contributed by atoms with van der Waals surface area (Å²) < 4.78 is 0. The Labute approximate surface area is 99.9 Å². The molecule has 1 rings (SSSR count). The van der Waals surface area contributed by atoms with Gasteiger partial charge in [0.25, 0.3) is 0 Å². The number of ketones is 1. The van der Waals surface area contributed by atoms with E-state index in [1.807, 2.05) is 6.92 Å². The van der Waals surface area contributed by atoms with Crippen molar-refractivity contribution in [3.05, 3.63) is 29.3 Å². The minimum Gasteiger partial charge on any atom is -0.507 e. The molecule has 4 heteroatoms. The van der Waals surface area contributed by atoms with Crippen molar-refractivity contribution in [3.8, 4) is 5.75 Å². The molecule has 0 aliphatic carbocycles. The van der Waals surface area contributed by atoms with Crippen molar-refractivity contribution in [2.45, 2.75) is 32.6 Å². The fourth-order valence-corrected chi connectivity index (χ4v) is 1.56. The summed E-state index contributed by atoms with van der Waals surface area (Å²) in [6, 6.07) is 3.75. The molecule has 17 heavy (non-hydrogen) atoms. The third kappa shape index (κ3) is 3.59. The van der Waals surface area contributed by atoms with Crippen molar-refractivity contribution in [2.75, 3.05) is 0 Å². The summed E-state index contributed by atoms with van der Waals surface area (Å²) in [4.78, 5) is 22.5. The molecule has 0 aliphatic rings. The van der Waals surface area contributed by atoms with Crippen LogP contribution in [0.2, 0.25) is 0 Å². The zero-order valence-electron chi connectivity index (χ0n) is 9.77. The van der Waals surface area contributed by atoms with Gasteiger partial charge in [0.05, 0.1) is 11.1 Å². The third-order valence-corrected chi connectivity index (χ3v) is 2.55. The number of Topliss-reactive ketones (excluding diaryl/α,β-unsaturated/α-hetero) is 1. The Hall–Kier alpha value is -1.84. The van der Waals surface area contributed by atoms with Gasteiger partial charge in [0.1, 0.15) is 5.75 Å². The van der Waals surface area contributed by atoms with E-state index in [-0.39, 0.29) is 22.7 Å². The first-order chi connectivity index (χ1) is 8.06. The first-order valence-electron chi connectivity index (χ1n) is 5.65. The van der Waals surface area contributed by atoms with E-state index in [0.29, 0.717) is 6.42 Å². The Bertz CT molecular complexity index is 423. The van der Waals surface area contributed by atoms with Crippen LogP contribution in [0.1, 0.15) is 53.3 Å². The molecule has 0 bridgehead atoms. The van der Waals surface area contributed by atoms with Gasteiger partial charge in [-0.15, -0.1) is 0 Å². The van der Waals surface area contributed by atoms with E-state index in [4.69, 9.17) is 5.11 Å². The molecular weight excluding hydrogens is 220 g/mol. The molecule has 0 atom stereocenters. The van der Waals surface area contributed by atoms with Gasteiger partial charge in [0.15, 0.2) is 5.78 Å². The normalized spacial score (nSPS) is 10.2. The molecule has 0 radical (unpaired) electrons. The number of phenolic OH excluding ortho intramolecular Hbond substituents is 1. The molecule has 0 aromatic heterocycles. The molecule has 0 amide bonds. The maximum absolute atomic E-state index is 11.8. The Morgan fingerprint density at radius 2 is 1.94 bits per heavy atom. The quantitative estimate of drug-likeness (QED) is 0.588. The molecule has 0 saturated heterocycles. The molecule has 92 valence electrons. The lowest BCUT2D eigenvalue weighted by Gasteiger charge is -2.04. The monoisotopic (exact) mass is 236 g/mol. The first kappa shape index (κ1) is 13.2. The van der Waals surface area contributed by atoms with Crippen LogP contribution in [0.15, 0.2) is 18.2 Å². The number of aromatic carboxylic acids is 1. The SMILES string of the molecule is CCCCCC(=O)c1cc(C(=O)O)ccc1O. The third-order valence-electron chi connectivity index (χ3n) is 2.55. The fourth-order valence-electron chi connectivity index (χ4n) is 1.56. The van der Waals surface area contributed by atoms with Crippen LogP contribution >= 0.6 is 0 Å². The lowest BCUT2D eigenvalue weighted by Crippen LogP contribution is -2.03. The second-order valence-electron chi connectivity index (χ2n) is 3.92. The molecule has 0 saturated carbocycles. The van der Waals surface area contributed by atoms with Gasteiger partial charge in [-0.05, 0) is 24.6 Å². The molecule has 1 aromatic carbocycles. The number of rotatable bonds is 6. The van der Waals surface area contributed by atoms with Crippen LogP contribution in [-0.4, -0.2) is 22.0 Å². The number of carbonyl (C=O) groups excluding carboxylic acids is 1. The van der Waals surface area contributed by atoms with E-state index < -0.39 is 5.97 Å². The van der Waals surface area contributed by atoms with Crippen molar-refractivity contribution in [1.82, 2.24) is 0 Å². The Balaban J connectivity index is 2.84. The van der Waals surface area contributed by atoms with Crippen LogP contribution in [0.4, 0.5) is 0 Å². The number of unbranched alkanes of at least 4 members (excludes halogenated alkanes) is 2. The second-order valence-corrected chi connectivity index (χ2v) is 3.92. The molecule has 0 unspecified atom stereocenters. The molecule has 0 fully saturated rings. The van der Waals surface area contributed by atoms with Gasteiger partial charge < -0.3 is 10.2 Å². The Morgan fingerprint density at radius 3 is 2.53 bits per heavy atom. The number of carboxylic acids is 1. The molecule has 0 heterocycles.